The van der Waals surface area contributed by atoms with E-state index < -0.39 is 36.1 Å². The molecule has 1 aromatic carbocycles. The van der Waals surface area contributed by atoms with Gasteiger partial charge in [0.15, 0.2) is 0 Å². The van der Waals surface area contributed by atoms with Crippen LogP contribution in [0.5, 0.6) is 0 Å². The fourth-order valence-corrected chi connectivity index (χ4v) is 3.33. The van der Waals surface area contributed by atoms with Gasteiger partial charge in [-0.05, 0) is 24.6 Å². The third-order valence-corrected chi connectivity index (χ3v) is 4.66. The predicted molar refractivity (Wildman–Crippen MR) is 80.8 cm³/mol. The molecule has 9 heteroatoms. The van der Waals surface area contributed by atoms with Gasteiger partial charge in [0.25, 0.3) is 0 Å². The third-order valence-electron chi connectivity index (χ3n) is 4.66. The van der Waals surface area contributed by atoms with Crippen molar-refractivity contribution in [3.63, 3.8) is 0 Å². The zero-order valence-electron chi connectivity index (χ0n) is 13.2. The fraction of sp³-hybridized carbons (Fsp3) is 0.438. The van der Waals surface area contributed by atoms with E-state index in [1.807, 2.05) is 0 Å². The third kappa shape index (κ3) is 3.07. The first kappa shape index (κ1) is 17.6. The van der Waals surface area contributed by atoms with Crippen LogP contribution in [0.25, 0.3) is 10.9 Å². The number of rotatable bonds is 1. The van der Waals surface area contributed by atoms with Crippen molar-refractivity contribution in [3.05, 3.63) is 39.7 Å². The Labute approximate surface area is 138 Å². The second-order valence-corrected chi connectivity index (χ2v) is 6.27. The monoisotopic (exact) mass is 364 g/mol. The molecule has 1 aliphatic heterocycles. The van der Waals surface area contributed by atoms with E-state index in [1.165, 1.54) is 6.07 Å². The number of fused-ring (bicyclic) bond motifs is 2. The van der Waals surface area contributed by atoms with E-state index in [0.717, 1.165) is 11.0 Å². The lowest BCUT2D eigenvalue weighted by Crippen LogP contribution is -2.38. The second-order valence-electron chi connectivity index (χ2n) is 6.27. The van der Waals surface area contributed by atoms with Gasteiger partial charge in [0, 0.05) is 34.6 Å². The Morgan fingerprint density at radius 3 is 2.28 bits per heavy atom. The first-order chi connectivity index (χ1) is 11.4. The molecule has 1 aliphatic rings. The standard InChI is InChI=1S/C16H14F6N2O/c1-7-8(2)24(6-15(17,18)19)13-4-10-11(16(20,21)22)5-14(25)23-12(10)3-9(7)13/h3-5,7-8H,6H2,1-2H3,(H,23,25). The lowest BCUT2D eigenvalue weighted by Gasteiger charge is -2.27. The van der Waals surface area contributed by atoms with Gasteiger partial charge < -0.3 is 9.88 Å². The van der Waals surface area contributed by atoms with Gasteiger partial charge in [-0.15, -0.1) is 0 Å². The van der Waals surface area contributed by atoms with E-state index in [1.54, 1.807) is 13.8 Å². The number of anilines is 1. The zero-order chi connectivity index (χ0) is 18.7. The van der Waals surface area contributed by atoms with Gasteiger partial charge in [-0.25, -0.2) is 0 Å². The normalized spacial score (nSPS) is 21.0. The second kappa shape index (κ2) is 5.40. The van der Waals surface area contributed by atoms with Crippen LogP contribution in [0.2, 0.25) is 0 Å². The minimum atomic E-state index is -4.79. The summed E-state index contributed by atoms with van der Waals surface area (Å²) in [6.45, 7) is 2.05. The Morgan fingerprint density at radius 1 is 1.08 bits per heavy atom. The average Bonchev–Trinajstić information content (AvgIpc) is 2.67. The number of aromatic amines is 1. The van der Waals surface area contributed by atoms with Gasteiger partial charge >= 0.3 is 12.4 Å². The molecule has 0 saturated heterocycles. The molecular formula is C16H14F6N2O. The number of halogens is 6. The van der Waals surface area contributed by atoms with E-state index in [9.17, 15) is 31.1 Å². The van der Waals surface area contributed by atoms with E-state index in [0.29, 0.717) is 11.6 Å². The molecule has 1 N–H and O–H groups in total. The number of aromatic nitrogens is 1. The van der Waals surface area contributed by atoms with Gasteiger partial charge in [-0.1, -0.05) is 6.92 Å². The Balaban J connectivity index is 2.27. The smallest absolute Gasteiger partial charge is 0.359 e. The van der Waals surface area contributed by atoms with Crippen molar-refractivity contribution >= 4 is 16.6 Å². The van der Waals surface area contributed by atoms with E-state index in [-0.39, 0.29) is 22.5 Å². The molecule has 0 aliphatic carbocycles. The molecule has 2 unspecified atom stereocenters. The summed E-state index contributed by atoms with van der Waals surface area (Å²) >= 11 is 0. The van der Waals surface area contributed by atoms with Crippen LogP contribution in [0.3, 0.4) is 0 Å². The number of alkyl halides is 6. The highest BCUT2D eigenvalue weighted by atomic mass is 19.4. The molecule has 0 saturated carbocycles. The topological polar surface area (TPSA) is 36.1 Å². The van der Waals surface area contributed by atoms with Crippen LogP contribution in [0.4, 0.5) is 32.0 Å². The van der Waals surface area contributed by atoms with Gasteiger partial charge in [0.1, 0.15) is 6.54 Å². The van der Waals surface area contributed by atoms with Crippen LogP contribution in [0.15, 0.2) is 23.0 Å². The molecule has 0 amide bonds. The molecular weight excluding hydrogens is 350 g/mol. The fourth-order valence-electron chi connectivity index (χ4n) is 3.33. The molecule has 2 heterocycles. The Bertz CT molecular complexity index is 883. The Kier molecular flexibility index (Phi) is 3.81. The molecule has 0 fully saturated rings. The number of nitrogens with zero attached hydrogens (tertiary/aromatic N) is 1. The summed E-state index contributed by atoms with van der Waals surface area (Å²) in [7, 11) is 0. The highest BCUT2D eigenvalue weighted by Crippen LogP contribution is 2.45. The summed E-state index contributed by atoms with van der Waals surface area (Å²) in [4.78, 5) is 14.9. The summed E-state index contributed by atoms with van der Waals surface area (Å²) in [5.41, 5.74) is -1.51. The zero-order valence-corrected chi connectivity index (χ0v) is 13.2. The van der Waals surface area contributed by atoms with Gasteiger partial charge in [0.2, 0.25) is 5.56 Å². The van der Waals surface area contributed by atoms with Crippen molar-refractivity contribution in [3.8, 4) is 0 Å². The van der Waals surface area contributed by atoms with Crippen molar-refractivity contribution in [1.29, 1.82) is 0 Å². The van der Waals surface area contributed by atoms with Crippen LogP contribution in [-0.2, 0) is 6.18 Å². The molecule has 3 nitrogen and oxygen atoms in total. The molecule has 2 atom stereocenters. The van der Waals surface area contributed by atoms with Gasteiger partial charge in [-0.3, -0.25) is 4.79 Å². The minimum Gasteiger partial charge on any atom is -0.359 e. The predicted octanol–water partition coefficient (Wildman–Crippen LogP) is 4.42. The summed E-state index contributed by atoms with van der Waals surface area (Å²) < 4.78 is 78.3. The van der Waals surface area contributed by atoms with Crippen molar-refractivity contribution in [2.75, 3.05) is 11.4 Å². The number of pyridine rings is 1. The van der Waals surface area contributed by atoms with E-state index in [4.69, 9.17) is 0 Å². The van der Waals surface area contributed by atoms with Crippen LogP contribution in [0.1, 0.15) is 30.9 Å². The average molecular weight is 364 g/mol. The first-order valence-electron chi connectivity index (χ1n) is 7.50. The van der Waals surface area contributed by atoms with Crippen LogP contribution in [0, 0.1) is 0 Å². The quantitative estimate of drug-likeness (QED) is 0.761. The number of H-pyrrole nitrogens is 1. The maximum absolute atomic E-state index is 13.2. The number of hydrogen-bond donors (Lipinski definition) is 1. The largest absolute Gasteiger partial charge is 0.417 e. The van der Waals surface area contributed by atoms with Crippen molar-refractivity contribution in [1.82, 2.24) is 4.98 Å². The molecule has 3 rings (SSSR count). The van der Waals surface area contributed by atoms with Crippen molar-refractivity contribution in [2.45, 2.75) is 38.2 Å². The van der Waals surface area contributed by atoms with Gasteiger partial charge in [-0.2, -0.15) is 26.3 Å². The van der Waals surface area contributed by atoms with E-state index in [2.05, 4.69) is 4.98 Å². The van der Waals surface area contributed by atoms with E-state index >= 15 is 0 Å². The minimum absolute atomic E-state index is 0.0357. The number of nitrogens with one attached hydrogen (secondary N) is 1. The molecule has 1 aromatic heterocycles. The maximum Gasteiger partial charge on any atom is 0.417 e. The van der Waals surface area contributed by atoms with Crippen LogP contribution < -0.4 is 10.5 Å². The summed E-state index contributed by atoms with van der Waals surface area (Å²) in [5.74, 6) is -0.320. The SMILES string of the molecule is CC1c2cc3[nH]c(=O)cc(C(F)(F)F)c3cc2N(CC(F)(F)F)C1C. The lowest BCUT2D eigenvalue weighted by molar-refractivity contribution is -0.136. The molecule has 25 heavy (non-hydrogen) atoms. The highest BCUT2D eigenvalue weighted by Gasteiger charge is 2.41. The van der Waals surface area contributed by atoms with Crippen LogP contribution >= 0.6 is 0 Å². The summed E-state index contributed by atoms with van der Waals surface area (Å²) in [6.07, 6.45) is -9.27. The maximum atomic E-state index is 13.2. The highest BCUT2D eigenvalue weighted by molar-refractivity contribution is 5.89. The molecule has 0 radical (unpaired) electrons. The lowest BCUT2D eigenvalue weighted by atomic mass is 9.96. The first-order valence-corrected chi connectivity index (χ1v) is 7.50. The van der Waals surface area contributed by atoms with Gasteiger partial charge in [0.05, 0.1) is 5.56 Å². The molecule has 2 aromatic rings. The Hall–Kier alpha value is -2.19. The molecule has 0 spiro atoms. The number of benzene rings is 1. The summed E-state index contributed by atoms with van der Waals surface area (Å²) in [5, 5.41) is -0.320. The summed E-state index contributed by atoms with van der Waals surface area (Å²) in [6, 6.07) is 2.33. The van der Waals surface area contributed by atoms with Crippen molar-refractivity contribution in [2.24, 2.45) is 0 Å². The van der Waals surface area contributed by atoms with Crippen molar-refractivity contribution < 1.29 is 26.3 Å². The molecule has 0 bridgehead atoms. The number of hydrogen-bond acceptors (Lipinski definition) is 2. The van der Waals surface area contributed by atoms with Crippen LogP contribution in [-0.4, -0.2) is 23.7 Å². The molecule has 136 valence electrons. The Morgan fingerprint density at radius 2 is 1.72 bits per heavy atom.